The van der Waals surface area contributed by atoms with E-state index in [1.807, 2.05) is 12.1 Å². The minimum Gasteiger partial charge on any atom is -0.497 e. The lowest BCUT2D eigenvalue weighted by Gasteiger charge is -2.24. The molecule has 0 saturated heterocycles. The summed E-state index contributed by atoms with van der Waals surface area (Å²) in [6, 6.07) is 8.92. The van der Waals surface area contributed by atoms with Crippen molar-refractivity contribution in [2.75, 3.05) is 54.1 Å². The van der Waals surface area contributed by atoms with Gasteiger partial charge in [-0.25, -0.2) is 0 Å². The van der Waals surface area contributed by atoms with Gasteiger partial charge in [-0.3, -0.25) is 9.89 Å². The first-order valence-corrected chi connectivity index (χ1v) is 9.53. The highest BCUT2D eigenvalue weighted by molar-refractivity contribution is 5.79. The van der Waals surface area contributed by atoms with E-state index in [1.54, 1.807) is 14.2 Å². The number of nitrogens with zero attached hydrogens (tertiary/aromatic N) is 3. The van der Waals surface area contributed by atoms with Crippen molar-refractivity contribution in [3.05, 3.63) is 29.8 Å². The molecule has 0 spiro atoms. The number of hydrogen-bond donors (Lipinski definition) is 1. The van der Waals surface area contributed by atoms with Crippen molar-refractivity contribution in [1.29, 1.82) is 0 Å². The topological polar surface area (TPSA) is 49.3 Å². The summed E-state index contributed by atoms with van der Waals surface area (Å²) in [4.78, 5) is 9.49. The van der Waals surface area contributed by atoms with Gasteiger partial charge in [-0.1, -0.05) is 12.1 Å². The van der Waals surface area contributed by atoms with Crippen molar-refractivity contribution in [3.63, 3.8) is 0 Å². The van der Waals surface area contributed by atoms with Gasteiger partial charge < -0.3 is 19.7 Å². The number of methoxy groups -OCH3 is 2. The van der Waals surface area contributed by atoms with Gasteiger partial charge in [0.2, 0.25) is 0 Å². The van der Waals surface area contributed by atoms with Crippen molar-refractivity contribution < 1.29 is 9.47 Å². The molecule has 0 aromatic heterocycles. The largest absolute Gasteiger partial charge is 0.497 e. The molecular weight excluding hydrogens is 328 g/mol. The highest BCUT2D eigenvalue weighted by Crippen LogP contribution is 2.26. The van der Waals surface area contributed by atoms with Gasteiger partial charge in [-0.2, -0.15) is 0 Å². The molecule has 26 heavy (non-hydrogen) atoms. The van der Waals surface area contributed by atoms with Crippen molar-refractivity contribution >= 4 is 5.96 Å². The number of hydrogen-bond acceptors (Lipinski definition) is 4. The van der Waals surface area contributed by atoms with Crippen molar-refractivity contribution in [1.82, 2.24) is 15.1 Å². The van der Waals surface area contributed by atoms with E-state index in [1.165, 1.54) is 18.4 Å². The summed E-state index contributed by atoms with van der Waals surface area (Å²) in [6.45, 7) is 7.35. The van der Waals surface area contributed by atoms with Gasteiger partial charge in [0.05, 0.1) is 20.3 Å². The molecule has 6 nitrogen and oxygen atoms in total. The average molecular weight is 363 g/mol. The minimum atomic E-state index is 0.736. The Labute approximate surface area is 158 Å². The molecule has 1 aromatic rings. The molecule has 1 aliphatic carbocycles. The van der Waals surface area contributed by atoms with E-state index in [-0.39, 0.29) is 0 Å². The third-order valence-corrected chi connectivity index (χ3v) is 4.57. The van der Waals surface area contributed by atoms with Crippen LogP contribution in [0.5, 0.6) is 5.75 Å². The zero-order valence-electron chi connectivity index (χ0n) is 16.7. The normalized spacial score (nSPS) is 14.6. The molecule has 1 aromatic carbocycles. The second-order valence-electron chi connectivity index (χ2n) is 6.70. The zero-order valence-corrected chi connectivity index (χ0v) is 16.7. The van der Waals surface area contributed by atoms with E-state index in [4.69, 9.17) is 14.5 Å². The van der Waals surface area contributed by atoms with Crippen LogP contribution in [0.15, 0.2) is 29.3 Å². The fraction of sp³-hybridized carbons (Fsp3) is 0.650. The fourth-order valence-corrected chi connectivity index (χ4v) is 2.96. The van der Waals surface area contributed by atoms with Crippen LogP contribution in [0.25, 0.3) is 0 Å². The molecule has 146 valence electrons. The van der Waals surface area contributed by atoms with Crippen LogP contribution in [0.3, 0.4) is 0 Å². The third kappa shape index (κ3) is 6.84. The first kappa shape index (κ1) is 20.5. The Morgan fingerprint density at radius 3 is 2.50 bits per heavy atom. The third-order valence-electron chi connectivity index (χ3n) is 4.57. The molecule has 2 rings (SSSR count). The van der Waals surface area contributed by atoms with Gasteiger partial charge in [-0.05, 0) is 37.5 Å². The Kier molecular flexibility index (Phi) is 8.71. The van der Waals surface area contributed by atoms with Crippen LogP contribution in [0.1, 0.15) is 25.3 Å². The molecule has 0 unspecified atom stereocenters. The Bertz CT molecular complexity index is 543. The standard InChI is InChI=1S/C20H34N4O2/c1-5-21-20(22-12-13-24(14-15-25-3)18-8-9-18)23(2)16-17-6-10-19(26-4)11-7-17/h6-7,10-11,18H,5,8-9,12-16H2,1-4H3,(H,21,22). The zero-order chi connectivity index (χ0) is 18.8. The van der Waals surface area contributed by atoms with Gasteiger partial charge in [-0.15, -0.1) is 0 Å². The summed E-state index contributed by atoms with van der Waals surface area (Å²) in [6.07, 6.45) is 2.62. The first-order valence-electron chi connectivity index (χ1n) is 9.53. The molecule has 0 amide bonds. The second-order valence-corrected chi connectivity index (χ2v) is 6.70. The second kappa shape index (κ2) is 11.0. The summed E-state index contributed by atoms with van der Waals surface area (Å²) in [5.41, 5.74) is 1.23. The molecule has 1 saturated carbocycles. The predicted molar refractivity (Wildman–Crippen MR) is 107 cm³/mol. The van der Waals surface area contributed by atoms with Crippen LogP contribution in [-0.4, -0.2) is 75.9 Å². The number of guanidine groups is 1. The molecular formula is C20H34N4O2. The molecule has 0 radical (unpaired) electrons. The van der Waals surface area contributed by atoms with E-state index in [0.29, 0.717) is 0 Å². The van der Waals surface area contributed by atoms with Crippen molar-refractivity contribution in [3.8, 4) is 5.75 Å². The summed E-state index contributed by atoms with van der Waals surface area (Å²) < 4.78 is 10.5. The molecule has 1 N–H and O–H groups in total. The highest BCUT2D eigenvalue weighted by atomic mass is 16.5. The average Bonchev–Trinajstić information content (AvgIpc) is 3.49. The maximum Gasteiger partial charge on any atom is 0.194 e. The van der Waals surface area contributed by atoms with Crippen LogP contribution in [0, 0.1) is 0 Å². The summed E-state index contributed by atoms with van der Waals surface area (Å²) in [5, 5.41) is 3.39. The summed E-state index contributed by atoms with van der Waals surface area (Å²) in [5.74, 6) is 1.83. The van der Waals surface area contributed by atoms with Crippen molar-refractivity contribution in [2.24, 2.45) is 4.99 Å². The Hall–Kier alpha value is -1.79. The Morgan fingerprint density at radius 2 is 1.92 bits per heavy atom. The van der Waals surface area contributed by atoms with Gasteiger partial charge in [0.25, 0.3) is 0 Å². The van der Waals surface area contributed by atoms with Crippen LogP contribution < -0.4 is 10.1 Å². The predicted octanol–water partition coefficient (Wildman–Crippen LogP) is 2.20. The molecule has 6 heteroatoms. The highest BCUT2D eigenvalue weighted by Gasteiger charge is 2.28. The lowest BCUT2D eigenvalue weighted by Crippen LogP contribution is -2.39. The van der Waals surface area contributed by atoms with E-state index in [0.717, 1.165) is 57.1 Å². The fourth-order valence-electron chi connectivity index (χ4n) is 2.96. The monoisotopic (exact) mass is 362 g/mol. The minimum absolute atomic E-state index is 0.736. The van der Waals surface area contributed by atoms with Crippen LogP contribution in [0.2, 0.25) is 0 Å². The first-order chi connectivity index (χ1) is 12.7. The summed E-state index contributed by atoms with van der Waals surface area (Å²) >= 11 is 0. The van der Waals surface area contributed by atoms with Gasteiger partial charge in [0, 0.05) is 46.4 Å². The molecule has 0 heterocycles. The van der Waals surface area contributed by atoms with Crippen molar-refractivity contribution in [2.45, 2.75) is 32.4 Å². The molecule has 0 aliphatic heterocycles. The lowest BCUT2D eigenvalue weighted by atomic mass is 10.2. The van der Waals surface area contributed by atoms with Crippen LogP contribution in [0.4, 0.5) is 0 Å². The van der Waals surface area contributed by atoms with E-state index >= 15 is 0 Å². The summed E-state index contributed by atoms with van der Waals surface area (Å²) in [7, 11) is 5.53. The van der Waals surface area contributed by atoms with Crippen LogP contribution >= 0.6 is 0 Å². The number of ether oxygens (including phenoxy) is 2. The number of benzene rings is 1. The lowest BCUT2D eigenvalue weighted by molar-refractivity contribution is 0.145. The quantitative estimate of drug-likeness (QED) is 0.483. The molecule has 0 bridgehead atoms. The van der Waals surface area contributed by atoms with Crippen LogP contribution in [-0.2, 0) is 11.3 Å². The number of aliphatic imine (C=N–C) groups is 1. The molecule has 0 atom stereocenters. The van der Waals surface area contributed by atoms with E-state index in [9.17, 15) is 0 Å². The maximum absolute atomic E-state index is 5.23. The Balaban J connectivity index is 1.88. The maximum atomic E-state index is 5.23. The molecule has 1 aliphatic rings. The Morgan fingerprint density at radius 1 is 1.19 bits per heavy atom. The van der Waals surface area contributed by atoms with Gasteiger partial charge in [0.1, 0.15) is 5.75 Å². The van der Waals surface area contributed by atoms with Gasteiger partial charge in [0.15, 0.2) is 5.96 Å². The SMILES string of the molecule is CCNC(=NCCN(CCOC)C1CC1)N(C)Cc1ccc(OC)cc1. The van der Waals surface area contributed by atoms with E-state index < -0.39 is 0 Å². The smallest absolute Gasteiger partial charge is 0.194 e. The van der Waals surface area contributed by atoms with Gasteiger partial charge >= 0.3 is 0 Å². The number of nitrogens with one attached hydrogen (secondary N) is 1. The number of rotatable bonds is 11. The molecule has 1 fully saturated rings. The van der Waals surface area contributed by atoms with E-state index in [2.05, 4.69) is 41.2 Å².